The van der Waals surface area contributed by atoms with E-state index >= 15 is 0 Å². The Balaban J connectivity index is 1.97. The van der Waals surface area contributed by atoms with Gasteiger partial charge in [-0.2, -0.15) is 0 Å². The Morgan fingerprint density at radius 1 is 1.13 bits per heavy atom. The third kappa shape index (κ3) is 4.81. The van der Waals surface area contributed by atoms with Crippen LogP contribution in [0.15, 0.2) is 18.2 Å². The van der Waals surface area contributed by atoms with Crippen LogP contribution in [-0.4, -0.2) is 24.4 Å². The average molecular weight is 316 g/mol. The molecule has 0 aromatic heterocycles. The number of nitrogens with zero attached hydrogens (tertiary/aromatic N) is 1. The minimum atomic E-state index is -0.0205. The molecule has 1 fully saturated rings. The molecule has 0 aliphatic heterocycles. The summed E-state index contributed by atoms with van der Waals surface area (Å²) in [7, 11) is 0. The van der Waals surface area contributed by atoms with E-state index in [-0.39, 0.29) is 11.8 Å². The Bertz CT molecular complexity index is 542. The molecule has 1 aromatic carbocycles. The van der Waals surface area contributed by atoms with E-state index in [0.29, 0.717) is 19.0 Å². The van der Waals surface area contributed by atoms with E-state index in [0.717, 1.165) is 29.7 Å². The molecular formula is C19H28N2O2. The Kier molecular flexibility index (Phi) is 6.20. The van der Waals surface area contributed by atoms with Crippen LogP contribution in [-0.2, 0) is 9.59 Å². The zero-order valence-corrected chi connectivity index (χ0v) is 14.5. The van der Waals surface area contributed by atoms with Gasteiger partial charge in [0.2, 0.25) is 11.8 Å². The van der Waals surface area contributed by atoms with E-state index in [2.05, 4.69) is 5.32 Å². The molecule has 1 aliphatic rings. The van der Waals surface area contributed by atoms with Crippen LogP contribution in [0.4, 0.5) is 5.69 Å². The van der Waals surface area contributed by atoms with Crippen LogP contribution in [0.3, 0.4) is 0 Å². The summed E-state index contributed by atoms with van der Waals surface area (Å²) in [6.45, 7) is 5.99. The molecule has 0 radical (unpaired) electrons. The number of anilines is 1. The van der Waals surface area contributed by atoms with Crippen molar-refractivity contribution < 1.29 is 9.59 Å². The molecule has 4 heteroatoms. The molecule has 2 amide bonds. The molecule has 2 rings (SSSR count). The van der Waals surface area contributed by atoms with Gasteiger partial charge in [-0.15, -0.1) is 0 Å². The predicted molar refractivity (Wildman–Crippen MR) is 93.6 cm³/mol. The number of nitrogens with one attached hydrogen (secondary N) is 1. The maximum atomic E-state index is 12.2. The van der Waals surface area contributed by atoms with Gasteiger partial charge in [0.1, 0.15) is 0 Å². The van der Waals surface area contributed by atoms with Gasteiger partial charge in [0.05, 0.1) is 0 Å². The van der Waals surface area contributed by atoms with Crippen molar-refractivity contribution in [2.75, 3.05) is 11.4 Å². The number of aryl methyl sites for hydroxylation is 2. The number of benzene rings is 1. The maximum absolute atomic E-state index is 12.2. The van der Waals surface area contributed by atoms with Gasteiger partial charge in [0.15, 0.2) is 0 Å². The van der Waals surface area contributed by atoms with Crippen LogP contribution >= 0.6 is 0 Å². The Morgan fingerprint density at radius 2 is 1.74 bits per heavy atom. The number of para-hydroxylation sites is 1. The summed E-state index contributed by atoms with van der Waals surface area (Å²) in [6, 6.07) is 6.31. The molecule has 0 unspecified atom stereocenters. The van der Waals surface area contributed by atoms with Gasteiger partial charge in [-0.3, -0.25) is 9.59 Å². The van der Waals surface area contributed by atoms with Gasteiger partial charge in [-0.25, -0.2) is 0 Å². The third-order valence-electron chi connectivity index (χ3n) is 4.62. The van der Waals surface area contributed by atoms with Gasteiger partial charge in [0.25, 0.3) is 0 Å². The van der Waals surface area contributed by atoms with E-state index in [1.165, 1.54) is 19.3 Å². The van der Waals surface area contributed by atoms with E-state index in [9.17, 15) is 9.59 Å². The second-order valence-corrected chi connectivity index (χ2v) is 6.56. The lowest BCUT2D eigenvalue weighted by molar-refractivity contribution is -0.121. The normalized spacial score (nSPS) is 15.3. The van der Waals surface area contributed by atoms with Crippen molar-refractivity contribution in [3.05, 3.63) is 29.3 Å². The highest BCUT2D eigenvalue weighted by Gasteiger charge is 2.19. The first-order valence-corrected chi connectivity index (χ1v) is 8.62. The van der Waals surface area contributed by atoms with Crippen molar-refractivity contribution in [2.24, 2.45) is 0 Å². The monoisotopic (exact) mass is 316 g/mol. The summed E-state index contributed by atoms with van der Waals surface area (Å²) in [5, 5.41) is 3.12. The van der Waals surface area contributed by atoms with E-state index < -0.39 is 0 Å². The molecule has 4 nitrogen and oxygen atoms in total. The van der Waals surface area contributed by atoms with Gasteiger partial charge in [0, 0.05) is 31.6 Å². The van der Waals surface area contributed by atoms with Gasteiger partial charge >= 0.3 is 0 Å². The highest BCUT2D eigenvalue weighted by molar-refractivity contribution is 5.94. The highest BCUT2D eigenvalue weighted by Crippen LogP contribution is 2.25. The molecule has 0 atom stereocenters. The number of hydrogen-bond donors (Lipinski definition) is 1. The zero-order valence-electron chi connectivity index (χ0n) is 14.5. The summed E-state index contributed by atoms with van der Waals surface area (Å²) in [5.41, 5.74) is 3.06. The number of carbonyl (C=O) groups is 2. The molecule has 1 aliphatic carbocycles. The first-order valence-electron chi connectivity index (χ1n) is 8.62. The van der Waals surface area contributed by atoms with Crippen molar-refractivity contribution in [3.8, 4) is 0 Å². The standard InChI is InChI=1S/C19H28N2O2/c1-14-8-7-9-15(2)19(14)21(16(3)22)13-12-18(23)20-17-10-5-4-6-11-17/h7-9,17H,4-6,10-13H2,1-3H3,(H,20,23). The molecule has 23 heavy (non-hydrogen) atoms. The Hall–Kier alpha value is -1.84. The van der Waals surface area contributed by atoms with Crippen molar-refractivity contribution in [3.63, 3.8) is 0 Å². The molecule has 0 spiro atoms. The Morgan fingerprint density at radius 3 is 2.30 bits per heavy atom. The van der Waals surface area contributed by atoms with Gasteiger partial charge in [-0.1, -0.05) is 37.5 Å². The number of carbonyl (C=O) groups excluding carboxylic acids is 2. The van der Waals surface area contributed by atoms with E-state index in [1.807, 2.05) is 32.0 Å². The molecule has 0 saturated heterocycles. The van der Waals surface area contributed by atoms with Crippen LogP contribution < -0.4 is 10.2 Å². The number of amides is 2. The molecule has 0 bridgehead atoms. The molecule has 1 N–H and O–H groups in total. The summed E-state index contributed by atoms with van der Waals surface area (Å²) < 4.78 is 0. The van der Waals surface area contributed by atoms with Gasteiger partial charge in [-0.05, 0) is 37.8 Å². The first kappa shape index (κ1) is 17.5. The smallest absolute Gasteiger partial charge is 0.223 e. The maximum Gasteiger partial charge on any atom is 0.223 e. The summed E-state index contributed by atoms with van der Waals surface area (Å²) in [4.78, 5) is 26.0. The second-order valence-electron chi connectivity index (χ2n) is 6.56. The topological polar surface area (TPSA) is 49.4 Å². The van der Waals surface area contributed by atoms with Crippen LogP contribution in [0.1, 0.15) is 56.6 Å². The van der Waals surface area contributed by atoms with Crippen LogP contribution in [0, 0.1) is 13.8 Å². The van der Waals surface area contributed by atoms with Crippen LogP contribution in [0.25, 0.3) is 0 Å². The zero-order chi connectivity index (χ0) is 16.8. The fourth-order valence-electron chi connectivity index (χ4n) is 3.42. The van der Waals surface area contributed by atoms with Crippen molar-refractivity contribution in [1.82, 2.24) is 5.32 Å². The lowest BCUT2D eigenvalue weighted by atomic mass is 9.95. The second kappa shape index (κ2) is 8.14. The minimum Gasteiger partial charge on any atom is -0.353 e. The van der Waals surface area contributed by atoms with E-state index in [1.54, 1.807) is 11.8 Å². The molecule has 126 valence electrons. The third-order valence-corrected chi connectivity index (χ3v) is 4.62. The molecule has 1 aromatic rings. The molecule has 0 heterocycles. The lowest BCUT2D eigenvalue weighted by Crippen LogP contribution is -2.39. The summed E-state index contributed by atoms with van der Waals surface area (Å²) >= 11 is 0. The van der Waals surface area contributed by atoms with Crippen LogP contribution in [0.2, 0.25) is 0 Å². The first-order chi connectivity index (χ1) is 11.0. The summed E-state index contributed by atoms with van der Waals surface area (Å²) in [6.07, 6.45) is 6.19. The average Bonchev–Trinajstić information content (AvgIpc) is 2.50. The largest absolute Gasteiger partial charge is 0.353 e. The predicted octanol–water partition coefficient (Wildman–Crippen LogP) is 3.50. The van der Waals surface area contributed by atoms with Crippen molar-refractivity contribution in [1.29, 1.82) is 0 Å². The SMILES string of the molecule is CC(=O)N(CCC(=O)NC1CCCCC1)c1c(C)cccc1C. The van der Waals surface area contributed by atoms with E-state index in [4.69, 9.17) is 0 Å². The molecular weight excluding hydrogens is 288 g/mol. The quantitative estimate of drug-likeness (QED) is 0.904. The van der Waals surface area contributed by atoms with Crippen molar-refractivity contribution >= 4 is 17.5 Å². The highest BCUT2D eigenvalue weighted by atomic mass is 16.2. The van der Waals surface area contributed by atoms with Crippen molar-refractivity contribution in [2.45, 2.75) is 65.3 Å². The van der Waals surface area contributed by atoms with Gasteiger partial charge < -0.3 is 10.2 Å². The number of hydrogen-bond acceptors (Lipinski definition) is 2. The fourth-order valence-corrected chi connectivity index (χ4v) is 3.42. The lowest BCUT2D eigenvalue weighted by Gasteiger charge is -2.26. The fraction of sp³-hybridized carbons (Fsp3) is 0.579. The minimum absolute atomic E-state index is 0.0205. The Labute approximate surface area is 139 Å². The number of rotatable bonds is 5. The summed E-state index contributed by atoms with van der Waals surface area (Å²) in [5.74, 6) is 0.0299. The van der Waals surface area contributed by atoms with Crippen LogP contribution in [0.5, 0.6) is 0 Å². The molecule has 1 saturated carbocycles.